The molecule has 0 saturated carbocycles. The van der Waals surface area contributed by atoms with Gasteiger partial charge in [0.25, 0.3) is 5.91 Å². The number of carbonyl (C=O) groups is 1. The molecule has 1 atom stereocenters. The van der Waals surface area contributed by atoms with Crippen molar-refractivity contribution in [2.24, 2.45) is 5.10 Å². The molecule has 2 rings (SSSR count). The van der Waals surface area contributed by atoms with Crippen molar-refractivity contribution in [3.8, 4) is 5.75 Å². The highest BCUT2D eigenvalue weighted by atomic mass is 79.9. The second kappa shape index (κ2) is 9.97. The minimum Gasteiger partial charge on any atom is -0.507 e. The Morgan fingerprint density at radius 2 is 2.19 bits per heavy atom. The summed E-state index contributed by atoms with van der Waals surface area (Å²) in [4.78, 5) is 14.4. The first-order valence-corrected chi connectivity index (χ1v) is 9.58. The normalized spacial score (nSPS) is 16.4. The van der Waals surface area contributed by atoms with Crippen LogP contribution in [0.25, 0.3) is 0 Å². The van der Waals surface area contributed by atoms with Crippen LogP contribution in [0.15, 0.2) is 59.3 Å². The Balaban J connectivity index is 2.03. The molecule has 0 radical (unpaired) electrons. The van der Waals surface area contributed by atoms with Crippen LogP contribution in [0.5, 0.6) is 5.75 Å². The number of allylic oxidation sites excluding steroid dienone is 4. The van der Waals surface area contributed by atoms with E-state index in [9.17, 15) is 9.90 Å². The number of hydrogen-bond donors (Lipinski definition) is 2. The molecule has 5 nitrogen and oxygen atoms in total. The summed E-state index contributed by atoms with van der Waals surface area (Å²) in [6.07, 6.45) is 11.6. The number of anilines is 1. The lowest BCUT2D eigenvalue weighted by Crippen LogP contribution is -2.23. The molecule has 0 fully saturated rings. The predicted octanol–water partition coefficient (Wildman–Crippen LogP) is 3.89. The molecule has 2 N–H and O–H groups in total. The van der Waals surface area contributed by atoms with Crippen LogP contribution < -0.4 is 10.3 Å². The van der Waals surface area contributed by atoms with E-state index in [4.69, 9.17) is 0 Å². The molecule has 0 aliphatic heterocycles. The maximum atomic E-state index is 12.2. The number of hydrazone groups is 1. The Morgan fingerprint density at radius 3 is 2.88 bits per heavy atom. The first-order valence-electron chi connectivity index (χ1n) is 8.67. The molecule has 1 aromatic carbocycles. The lowest BCUT2D eigenvalue weighted by Gasteiger charge is -2.22. The number of nitrogens with zero attached hydrogens (tertiary/aromatic N) is 2. The van der Waals surface area contributed by atoms with Gasteiger partial charge in [0, 0.05) is 36.0 Å². The summed E-state index contributed by atoms with van der Waals surface area (Å²) in [7, 11) is 0. The largest absolute Gasteiger partial charge is 0.507 e. The fourth-order valence-electron chi connectivity index (χ4n) is 2.57. The van der Waals surface area contributed by atoms with Crippen molar-refractivity contribution in [3.63, 3.8) is 0 Å². The molecular formula is C20H24BrN3O2. The van der Waals surface area contributed by atoms with E-state index in [1.807, 2.05) is 18.2 Å². The zero-order chi connectivity index (χ0) is 18.9. The van der Waals surface area contributed by atoms with Gasteiger partial charge in [0.2, 0.25) is 0 Å². The topological polar surface area (TPSA) is 64.9 Å². The maximum absolute atomic E-state index is 12.2. The van der Waals surface area contributed by atoms with Gasteiger partial charge in [-0.25, -0.2) is 5.43 Å². The Morgan fingerprint density at radius 1 is 1.38 bits per heavy atom. The van der Waals surface area contributed by atoms with E-state index in [0.717, 1.165) is 25.2 Å². The van der Waals surface area contributed by atoms with E-state index in [1.54, 1.807) is 30.4 Å². The van der Waals surface area contributed by atoms with Crippen molar-refractivity contribution >= 4 is 33.7 Å². The molecule has 0 heterocycles. The lowest BCUT2D eigenvalue weighted by atomic mass is 10.1. The zero-order valence-corrected chi connectivity index (χ0v) is 16.6. The minimum atomic E-state index is -0.304. The van der Waals surface area contributed by atoms with Crippen molar-refractivity contribution < 1.29 is 9.90 Å². The standard InChI is InChI=1S/C20H24BrN3O2/c1-3-11-24(4-2)18-10-9-16(19(25)13-18)14-22-23-20(26)15-7-5-6-8-17(21)12-15/h5-10,12-14,17,25H,3-4,11H2,1-2H3,(H,23,26)/b22-14+. The van der Waals surface area contributed by atoms with Crippen molar-refractivity contribution in [1.82, 2.24) is 5.43 Å². The van der Waals surface area contributed by atoms with Crippen LogP contribution in [0.1, 0.15) is 25.8 Å². The van der Waals surface area contributed by atoms with Crippen LogP contribution in [0.2, 0.25) is 0 Å². The number of amides is 1. The lowest BCUT2D eigenvalue weighted by molar-refractivity contribution is -0.117. The highest BCUT2D eigenvalue weighted by Gasteiger charge is 2.09. The number of benzene rings is 1. The predicted molar refractivity (Wildman–Crippen MR) is 111 cm³/mol. The first kappa shape index (κ1) is 20.0. The third-order valence-corrected chi connectivity index (χ3v) is 4.48. The number of hydrogen-bond acceptors (Lipinski definition) is 4. The van der Waals surface area contributed by atoms with Gasteiger partial charge >= 0.3 is 0 Å². The number of alkyl halides is 1. The average molecular weight is 418 g/mol. The molecule has 1 amide bonds. The maximum Gasteiger partial charge on any atom is 0.271 e. The van der Waals surface area contributed by atoms with Gasteiger partial charge in [0.05, 0.1) is 11.0 Å². The highest BCUT2D eigenvalue weighted by molar-refractivity contribution is 9.09. The fourth-order valence-corrected chi connectivity index (χ4v) is 3.03. The molecule has 1 unspecified atom stereocenters. The van der Waals surface area contributed by atoms with Crippen molar-refractivity contribution in [3.05, 3.63) is 59.7 Å². The van der Waals surface area contributed by atoms with Gasteiger partial charge in [-0.15, -0.1) is 0 Å². The summed E-state index contributed by atoms with van der Waals surface area (Å²) in [6.45, 7) is 6.02. The van der Waals surface area contributed by atoms with Gasteiger partial charge in [0.1, 0.15) is 5.75 Å². The Labute approximate surface area is 162 Å². The molecule has 1 aliphatic rings. The third-order valence-electron chi connectivity index (χ3n) is 3.91. The molecule has 0 saturated heterocycles. The van der Waals surface area contributed by atoms with Gasteiger partial charge in [0.15, 0.2) is 0 Å². The first-order chi connectivity index (χ1) is 12.5. The van der Waals surface area contributed by atoms with Crippen LogP contribution in [-0.2, 0) is 4.79 Å². The molecule has 138 valence electrons. The van der Waals surface area contributed by atoms with E-state index >= 15 is 0 Å². The number of phenols is 1. The van der Waals surface area contributed by atoms with E-state index in [1.165, 1.54) is 6.21 Å². The van der Waals surface area contributed by atoms with Crippen LogP contribution >= 0.6 is 15.9 Å². The monoisotopic (exact) mass is 417 g/mol. The van der Waals surface area contributed by atoms with E-state index in [0.29, 0.717) is 11.1 Å². The van der Waals surface area contributed by atoms with E-state index in [-0.39, 0.29) is 16.5 Å². The summed E-state index contributed by atoms with van der Waals surface area (Å²) >= 11 is 3.44. The molecule has 1 aliphatic carbocycles. The van der Waals surface area contributed by atoms with Crippen LogP contribution in [0, 0.1) is 0 Å². The van der Waals surface area contributed by atoms with Crippen LogP contribution in [-0.4, -0.2) is 35.1 Å². The van der Waals surface area contributed by atoms with Crippen LogP contribution in [0.3, 0.4) is 0 Å². The summed E-state index contributed by atoms with van der Waals surface area (Å²) in [5, 5.41) is 14.2. The Hall–Kier alpha value is -2.34. The van der Waals surface area contributed by atoms with Gasteiger partial charge in [-0.2, -0.15) is 5.10 Å². The van der Waals surface area contributed by atoms with Gasteiger partial charge < -0.3 is 10.0 Å². The van der Waals surface area contributed by atoms with Gasteiger partial charge in [-0.05, 0) is 31.6 Å². The minimum absolute atomic E-state index is 0.00319. The number of aromatic hydroxyl groups is 1. The smallest absolute Gasteiger partial charge is 0.271 e. The molecule has 6 heteroatoms. The second-order valence-electron chi connectivity index (χ2n) is 5.83. The van der Waals surface area contributed by atoms with Gasteiger partial charge in [-0.1, -0.05) is 47.2 Å². The summed E-state index contributed by atoms with van der Waals surface area (Å²) in [6, 6.07) is 5.46. The number of rotatable bonds is 7. The average Bonchev–Trinajstić information content (AvgIpc) is 2.85. The molecule has 0 bridgehead atoms. The highest BCUT2D eigenvalue weighted by Crippen LogP contribution is 2.23. The molecule has 26 heavy (non-hydrogen) atoms. The van der Waals surface area contributed by atoms with Crippen molar-refractivity contribution in [2.45, 2.75) is 25.1 Å². The summed E-state index contributed by atoms with van der Waals surface area (Å²) in [5.74, 6) is -0.171. The number of phenolic OH excluding ortho intramolecular Hbond substituents is 1. The van der Waals surface area contributed by atoms with E-state index < -0.39 is 0 Å². The summed E-state index contributed by atoms with van der Waals surface area (Å²) in [5.41, 5.74) is 4.52. The fraction of sp³-hybridized carbons (Fsp3) is 0.300. The molecule has 0 spiro atoms. The van der Waals surface area contributed by atoms with Crippen molar-refractivity contribution in [1.29, 1.82) is 0 Å². The quantitative estimate of drug-likeness (QED) is 0.401. The molecule has 1 aromatic rings. The molecular weight excluding hydrogens is 394 g/mol. The van der Waals surface area contributed by atoms with Crippen LogP contribution in [0.4, 0.5) is 5.69 Å². The molecule has 0 aromatic heterocycles. The second-order valence-corrected chi connectivity index (χ2v) is 6.89. The van der Waals surface area contributed by atoms with Crippen molar-refractivity contribution in [2.75, 3.05) is 18.0 Å². The van der Waals surface area contributed by atoms with E-state index in [2.05, 4.69) is 45.2 Å². The zero-order valence-electron chi connectivity index (χ0n) is 15.0. The number of nitrogens with one attached hydrogen (secondary N) is 1. The third kappa shape index (κ3) is 5.59. The van der Waals surface area contributed by atoms with Gasteiger partial charge in [-0.3, -0.25) is 4.79 Å². The number of halogens is 1. The Bertz CT molecular complexity index is 753. The number of carbonyl (C=O) groups excluding carboxylic acids is 1. The summed E-state index contributed by atoms with van der Waals surface area (Å²) < 4.78 is 0. The SMILES string of the molecule is CCCN(CC)c1ccc(/C=N/NC(=O)C2=CC(Br)C=CC=C2)c(O)c1. The Kier molecular flexibility index (Phi) is 7.66.